The predicted octanol–water partition coefficient (Wildman–Crippen LogP) is 5.12. The molecule has 3 rings (SSSR count). The number of unbranched alkanes of at least 4 members (excludes halogenated alkanes) is 2. The first-order chi connectivity index (χ1) is 11.8. The lowest BCUT2D eigenvalue weighted by Gasteiger charge is -2.09. The number of ether oxygens (including phenoxy) is 1. The molecule has 1 aromatic heterocycles. The van der Waals surface area contributed by atoms with Crippen molar-refractivity contribution in [2.75, 3.05) is 11.9 Å². The molecular formula is C19H20N2O2S. The Morgan fingerprint density at radius 2 is 2.12 bits per heavy atom. The first-order valence-corrected chi connectivity index (χ1v) is 9.01. The number of hydrogen-bond donors (Lipinski definition) is 1. The van der Waals surface area contributed by atoms with Crippen LogP contribution in [0.25, 0.3) is 10.2 Å². The van der Waals surface area contributed by atoms with Crippen LogP contribution in [0.2, 0.25) is 0 Å². The van der Waals surface area contributed by atoms with Gasteiger partial charge in [0, 0.05) is 11.3 Å². The smallest absolute Gasteiger partial charge is 0.255 e. The highest BCUT2D eigenvalue weighted by Crippen LogP contribution is 2.22. The summed E-state index contributed by atoms with van der Waals surface area (Å²) in [6, 6.07) is 13.0. The molecule has 5 heteroatoms. The molecule has 124 valence electrons. The van der Waals surface area contributed by atoms with Gasteiger partial charge in [-0.05, 0) is 42.8 Å². The fraction of sp³-hybridized carbons (Fsp3) is 0.263. The van der Waals surface area contributed by atoms with Crippen molar-refractivity contribution in [2.24, 2.45) is 0 Å². The van der Waals surface area contributed by atoms with Crippen LogP contribution < -0.4 is 10.1 Å². The topological polar surface area (TPSA) is 51.2 Å². The van der Waals surface area contributed by atoms with E-state index in [0.29, 0.717) is 12.2 Å². The third-order valence-electron chi connectivity index (χ3n) is 3.70. The molecule has 2 aromatic carbocycles. The summed E-state index contributed by atoms with van der Waals surface area (Å²) in [5, 5.41) is 2.93. The molecule has 3 aromatic rings. The second kappa shape index (κ2) is 7.93. The number of hydrogen-bond acceptors (Lipinski definition) is 4. The molecule has 24 heavy (non-hydrogen) atoms. The molecule has 0 unspecified atom stereocenters. The average Bonchev–Trinajstić information content (AvgIpc) is 3.07. The Morgan fingerprint density at radius 3 is 3.00 bits per heavy atom. The molecule has 0 saturated carbocycles. The number of anilines is 1. The summed E-state index contributed by atoms with van der Waals surface area (Å²) in [5.41, 5.74) is 4.11. The van der Waals surface area contributed by atoms with Gasteiger partial charge in [0.15, 0.2) is 0 Å². The van der Waals surface area contributed by atoms with E-state index in [1.54, 1.807) is 29.0 Å². The van der Waals surface area contributed by atoms with Crippen LogP contribution in [0.1, 0.15) is 36.5 Å². The molecule has 4 nitrogen and oxygen atoms in total. The lowest BCUT2D eigenvalue weighted by molar-refractivity contribution is 0.102. The summed E-state index contributed by atoms with van der Waals surface area (Å²) in [4.78, 5) is 16.7. The minimum absolute atomic E-state index is 0.141. The standard InChI is InChI=1S/C19H20N2O2S/c1-2-3-4-10-23-16-7-5-6-14(11-16)19(22)21-15-8-9-17-18(12-15)24-13-20-17/h5-9,11-13H,2-4,10H2,1H3,(H,21,22). The molecule has 0 aliphatic carbocycles. The highest BCUT2D eigenvalue weighted by molar-refractivity contribution is 7.16. The van der Waals surface area contributed by atoms with Gasteiger partial charge in [-0.1, -0.05) is 25.8 Å². The van der Waals surface area contributed by atoms with Crippen LogP contribution in [0.15, 0.2) is 48.0 Å². The monoisotopic (exact) mass is 340 g/mol. The Hall–Kier alpha value is -2.40. The second-order valence-corrected chi connectivity index (χ2v) is 6.46. The zero-order valence-corrected chi connectivity index (χ0v) is 14.4. The fourth-order valence-corrected chi connectivity index (χ4v) is 3.12. The summed E-state index contributed by atoms with van der Waals surface area (Å²) >= 11 is 1.56. The quantitative estimate of drug-likeness (QED) is 0.608. The van der Waals surface area contributed by atoms with Crippen LogP contribution in [0, 0.1) is 0 Å². The van der Waals surface area contributed by atoms with Gasteiger partial charge < -0.3 is 10.1 Å². The van der Waals surface area contributed by atoms with Crippen LogP contribution in [-0.2, 0) is 0 Å². The number of nitrogens with one attached hydrogen (secondary N) is 1. The van der Waals surface area contributed by atoms with E-state index >= 15 is 0 Å². The molecule has 1 N–H and O–H groups in total. The molecule has 0 radical (unpaired) electrons. The van der Waals surface area contributed by atoms with E-state index in [9.17, 15) is 4.79 Å². The van der Waals surface area contributed by atoms with Gasteiger partial charge in [0.05, 0.1) is 22.3 Å². The summed E-state index contributed by atoms with van der Waals surface area (Å²) in [7, 11) is 0. The minimum Gasteiger partial charge on any atom is -0.494 e. The van der Waals surface area contributed by atoms with Gasteiger partial charge in [-0.15, -0.1) is 11.3 Å². The molecule has 0 bridgehead atoms. The zero-order valence-electron chi connectivity index (χ0n) is 13.6. The zero-order chi connectivity index (χ0) is 16.8. The summed E-state index contributed by atoms with van der Waals surface area (Å²) in [5.74, 6) is 0.592. The maximum atomic E-state index is 12.4. The van der Waals surface area contributed by atoms with Crippen LogP contribution in [0.4, 0.5) is 5.69 Å². The van der Waals surface area contributed by atoms with Crippen molar-refractivity contribution in [3.63, 3.8) is 0 Å². The van der Waals surface area contributed by atoms with Crippen molar-refractivity contribution >= 4 is 33.1 Å². The maximum Gasteiger partial charge on any atom is 0.255 e. The first-order valence-electron chi connectivity index (χ1n) is 8.14. The Bertz CT molecular complexity index is 829. The second-order valence-electron chi connectivity index (χ2n) is 5.57. The number of fused-ring (bicyclic) bond motifs is 1. The van der Waals surface area contributed by atoms with Crippen LogP contribution in [0.3, 0.4) is 0 Å². The van der Waals surface area contributed by atoms with Gasteiger partial charge >= 0.3 is 0 Å². The van der Waals surface area contributed by atoms with Gasteiger partial charge in [-0.2, -0.15) is 0 Å². The van der Waals surface area contributed by atoms with Crippen LogP contribution in [0.5, 0.6) is 5.75 Å². The highest BCUT2D eigenvalue weighted by Gasteiger charge is 2.08. The van der Waals surface area contributed by atoms with Crippen LogP contribution in [-0.4, -0.2) is 17.5 Å². The number of carbonyl (C=O) groups excluding carboxylic acids is 1. The number of rotatable bonds is 7. The van der Waals surface area contributed by atoms with Gasteiger partial charge in [0.1, 0.15) is 5.75 Å². The third-order valence-corrected chi connectivity index (χ3v) is 4.49. The molecular weight excluding hydrogens is 320 g/mol. The van der Waals surface area contributed by atoms with Crippen molar-refractivity contribution in [3.8, 4) is 5.75 Å². The molecule has 1 amide bonds. The van der Waals surface area contributed by atoms with Crippen molar-refractivity contribution in [3.05, 3.63) is 53.5 Å². The van der Waals surface area contributed by atoms with Gasteiger partial charge in [-0.3, -0.25) is 4.79 Å². The van der Waals surface area contributed by atoms with E-state index in [4.69, 9.17) is 4.74 Å². The Morgan fingerprint density at radius 1 is 1.21 bits per heavy atom. The molecule has 0 aliphatic heterocycles. The molecule has 0 saturated heterocycles. The molecule has 0 fully saturated rings. The summed E-state index contributed by atoms with van der Waals surface area (Å²) in [6.45, 7) is 2.84. The van der Waals surface area contributed by atoms with E-state index in [1.165, 1.54) is 0 Å². The van der Waals surface area contributed by atoms with E-state index in [2.05, 4.69) is 17.2 Å². The SMILES string of the molecule is CCCCCOc1cccc(C(=O)Nc2ccc3ncsc3c2)c1. The number of amides is 1. The number of nitrogens with zero attached hydrogens (tertiary/aromatic N) is 1. The van der Waals surface area contributed by atoms with E-state index in [0.717, 1.165) is 40.9 Å². The Labute approximate surface area is 145 Å². The van der Waals surface area contributed by atoms with Gasteiger partial charge in [0.25, 0.3) is 5.91 Å². The molecule has 0 atom stereocenters. The molecule has 0 spiro atoms. The largest absolute Gasteiger partial charge is 0.494 e. The molecule has 0 aliphatic rings. The fourth-order valence-electron chi connectivity index (χ4n) is 2.41. The third kappa shape index (κ3) is 4.11. The van der Waals surface area contributed by atoms with E-state index in [-0.39, 0.29) is 5.91 Å². The lowest BCUT2D eigenvalue weighted by atomic mass is 10.2. The number of benzene rings is 2. The van der Waals surface area contributed by atoms with Crippen LogP contribution >= 0.6 is 11.3 Å². The van der Waals surface area contributed by atoms with E-state index in [1.807, 2.05) is 30.3 Å². The Kier molecular flexibility index (Phi) is 5.43. The first kappa shape index (κ1) is 16.5. The van der Waals surface area contributed by atoms with Crippen molar-refractivity contribution in [2.45, 2.75) is 26.2 Å². The minimum atomic E-state index is -0.141. The van der Waals surface area contributed by atoms with E-state index < -0.39 is 0 Å². The lowest BCUT2D eigenvalue weighted by Crippen LogP contribution is -2.12. The molecule has 1 heterocycles. The normalized spacial score (nSPS) is 10.7. The number of aromatic nitrogens is 1. The number of carbonyl (C=O) groups is 1. The summed E-state index contributed by atoms with van der Waals surface area (Å²) < 4.78 is 6.77. The maximum absolute atomic E-state index is 12.4. The summed E-state index contributed by atoms with van der Waals surface area (Å²) in [6.07, 6.45) is 3.35. The number of thiazole rings is 1. The Balaban J connectivity index is 1.65. The predicted molar refractivity (Wildman–Crippen MR) is 99.0 cm³/mol. The van der Waals surface area contributed by atoms with Crippen molar-refractivity contribution in [1.82, 2.24) is 4.98 Å². The van der Waals surface area contributed by atoms with Crippen molar-refractivity contribution in [1.29, 1.82) is 0 Å². The average molecular weight is 340 g/mol. The van der Waals surface area contributed by atoms with Gasteiger partial charge in [-0.25, -0.2) is 4.98 Å². The highest BCUT2D eigenvalue weighted by atomic mass is 32.1. The van der Waals surface area contributed by atoms with Gasteiger partial charge in [0.2, 0.25) is 0 Å². The van der Waals surface area contributed by atoms with Crippen molar-refractivity contribution < 1.29 is 9.53 Å².